The number of aliphatic hydroxyl groups excluding tert-OH is 1. The summed E-state index contributed by atoms with van der Waals surface area (Å²) in [4.78, 5) is 3.06. The quantitative estimate of drug-likeness (QED) is 0.491. The molecule has 1 aliphatic rings. The van der Waals surface area contributed by atoms with Gasteiger partial charge < -0.3 is 24.4 Å². The van der Waals surface area contributed by atoms with E-state index in [1.165, 1.54) is 18.0 Å². The monoisotopic (exact) mass is 374 g/mol. The van der Waals surface area contributed by atoms with Gasteiger partial charge in [0.25, 0.3) is 0 Å². The van der Waals surface area contributed by atoms with Gasteiger partial charge in [-0.2, -0.15) is 0 Å². The van der Waals surface area contributed by atoms with Crippen molar-refractivity contribution in [1.82, 2.24) is 0 Å². The lowest BCUT2D eigenvalue weighted by atomic mass is 10.3. The predicted molar refractivity (Wildman–Crippen MR) is 88.6 cm³/mol. The molecule has 0 bridgehead atoms. The summed E-state index contributed by atoms with van der Waals surface area (Å²) in [5.41, 5.74) is 0. The lowest BCUT2D eigenvalue weighted by molar-refractivity contribution is -1.00. The molecule has 1 heterocycles. The number of rotatable bonds is 8. The molecular weight excluding hydrogens is 348 g/mol. The van der Waals surface area contributed by atoms with Crippen molar-refractivity contribution < 1.29 is 24.4 Å². The van der Waals surface area contributed by atoms with Crippen LogP contribution in [0.1, 0.15) is 0 Å². The third-order valence-corrected chi connectivity index (χ3v) is 4.62. The Bertz CT molecular complexity index is 439. The summed E-state index contributed by atoms with van der Waals surface area (Å²) in [7, 11) is 2.22. The van der Waals surface area contributed by atoms with Crippen molar-refractivity contribution >= 4 is 15.9 Å². The van der Waals surface area contributed by atoms with Crippen molar-refractivity contribution in [2.24, 2.45) is 0 Å². The predicted octanol–water partition coefficient (Wildman–Crippen LogP) is -1.38. The Balaban J connectivity index is 1.54. The highest BCUT2D eigenvalue weighted by atomic mass is 79.9. The smallest absolute Gasteiger partial charge is 0.133 e. The minimum atomic E-state index is -0.392. The number of piperazine rings is 1. The Morgan fingerprint density at radius 1 is 1.18 bits per heavy atom. The summed E-state index contributed by atoms with van der Waals surface area (Å²) in [5, 5.41) is 10.0. The molecule has 22 heavy (non-hydrogen) atoms. The molecule has 1 fully saturated rings. The molecule has 0 amide bonds. The van der Waals surface area contributed by atoms with Gasteiger partial charge in [0, 0.05) is 0 Å². The van der Waals surface area contributed by atoms with Crippen LogP contribution in [0.4, 0.5) is 0 Å². The van der Waals surface area contributed by atoms with E-state index < -0.39 is 6.10 Å². The topological polar surface area (TPSA) is 47.6 Å². The minimum Gasteiger partial charge on any atom is -0.490 e. The molecular formula is C16H27BrN2O3+2. The van der Waals surface area contributed by atoms with Gasteiger partial charge in [0.15, 0.2) is 0 Å². The van der Waals surface area contributed by atoms with Gasteiger partial charge in [0.2, 0.25) is 0 Å². The highest BCUT2D eigenvalue weighted by molar-refractivity contribution is 9.10. The molecule has 6 heteroatoms. The summed E-state index contributed by atoms with van der Waals surface area (Å²) in [6.45, 7) is 6.76. The summed E-state index contributed by atoms with van der Waals surface area (Å²) >= 11 is 3.44. The van der Waals surface area contributed by atoms with Gasteiger partial charge in [-0.15, -0.1) is 0 Å². The number of para-hydroxylation sites is 1. The minimum absolute atomic E-state index is 0.380. The van der Waals surface area contributed by atoms with E-state index in [0.717, 1.165) is 29.9 Å². The van der Waals surface area contributed by atoms with Crippen LogP contribution in [0.3, 0.4) is 0 Å². The zero-order valence-corrected chi connectivity index (χ0v) is 14.8. The van der Waals surface area contributed by atoms with E-state index in [-0.39, 0.29) is 0 Å². The molecule has 5 nitrogen and oxygen atoms in total. The van der Waals surface area contributed by atoms with Gasteiger partial charge >= 0.3 is 0 Å². The second-order valence-corrected chi connectivity index (χ2v) is 6.77. The number of nitrogens with one attached hydrogen (secondary N) is 2. The fraction of sp³-hybridized carbons (Fsp3) is 0.625. The zero-order chi connectivity index (χ0) is 15.8. The molecule has 0 aliphatic carbocycles. The molecule has 0 unspecified atom stereocenters. The molecule has 1 saturated heterocycles. The largest absolute Gasteiger partial charge is 0.490 e. The number of benzene rings is 1. The maximum absolute atomic E-state index is 10.0. The first kappa shape index (κ1) is 17.7. The third kappa shape index (κ3) is 6.22. The van der Waals surface area contributed by atoms with Crippen molar-refractivity contribution in [3.8, 4) is 5.75 Å². The summed E-state index contributed by atoms with van der Waals surface area (Å²) in [6, 6.07) is 7.75. The Morgan fingerprint density at radius 2 is 1.91 bits per heavy atom. The normalized spacial score (nSPS) is 23.2. The summed E-state index contributed by atoms with van der Waals surface area (Å²) < 4.78 is 12.1. The molecule has 1 atom stereocenters. The van der Waals surface area contributed by atoms with E-state index >= 15 is 0 Å². The van der Waals surface area contributed by atoms with Crippen molar-refractivity contribution in [3.05, 3.63) is 28.7 Å². The van der Waals surface area contributed by atoms with Crippen LogP contribution >= 0.6 is 15.9 Å². The number of halogens is 1. The molecule has 0 aromatic heterocycles. The summed E-state index contributed by atoms with van der Waals surface area (Å²) in [5.74, 6) is 0.816. The lowest BCUT2D eigenvalue weighted by Gasteiger charge is -2.28. The highest BCUT2D eigenvalue weighted by Gasteiger charge is 2.22. The van der Waals surface area contributed by atoms with Crippen LogP contribution in [-0.4, -0.2) is 70.8 Å². The van der Waals surface area contributed by atoms with Crippen LogP contribution in [0.15, 0.2) is 28.7 Å². The first-order valence-corrected chi connectivity index (χ1v) is 8.72. The van der Waals surface area contributed by atoms with Crippen molar-refractivity contribution in [2.75, 3.05) is 59.6 Å². The fourth-order valence-electron chi connectivity index (χ4n) is 2.62. The molecule has 1 aliphatic heterocycles. The van der Waals surface area contributed by atoms with Crippen LogP contribution in [0.25, 0.3) is 0 Å². The molecule has 3 N–H and O–H groups in total. The van der Waals surface area contributed by atoms with Crippen molar-refractivity contribution in [3.63, 3.8) is 0 Å². The van der Waals surface area contributed by atoms with Crippen molar-refractivity contribution in [1.29, 1.82) is 0 Å². The molecule has 1 aromatic rings. The van der Waals surface area contributed by atoms with Crippen LogP contribution in [-0.2, 0) is 4.74 Å². The van der Waals surface area contributed by atoms with Gasteiger partial charge in [-0.3, -0.25) is 0 Å². The van der Waals surface area contributed by atoms with Gasteiger partial charge in [0.1, 0.15) is 51.2 Å². The maximum Gasteiger partial charge on any atom is 0.133 e. The van der Waals surface area contributed by atoms with E-state index in [9.17, 15) is 5.11 Å². The Hall–Kier alpha value is -0.660. The first-order valence-electron chi connectivity index (χ1n) is 7.93. The Morgan fingerprint density at radius 3 is 2.64 bits per heavy atom. The second-order valence-electron chi connectivity index (χ2n) is 5.92. The number of hydrogen-bond donors (Lipinski definition) is 3. The van der Waals surface area contributed by atoms with Gasteiger partial charge in [0.05, 0.1) is 24.7 Å². The van der Waals surface area contributed by atoms with Gasteiger partial charge in [-0.25, -0.2) is 0 Å². The van der Waals surface area contributed by atoms with E-state index in [0.29, 0.717) is 19.8 Å². The van der Waals surface area contributed by atoms with E-state index in [1.807, 2.05) is 24.3 Å². The van der Waals surface area contributed by atoms with Crippen LogP contribution in [0.5, 0.6) is 5.75 Å². The summed E-state index contributed by atoms with van der Waals surface area (Å²) in [6.07, 6.45) is -0.392. The average Bonchev–Trinajstić information content (AvgIpc) is 2.51. The van der Waals surface area contributed by atoms with E-state index in [1.54, 1.807) is 4.90 Å². The van der Waals surface area contributed by atoms with Gasteiger partial charge in [-0.1, -0.05) is 12.1 Å². The van der Waals surface area contributed by atoms with Crippen LogP contribution in [0, 0.1) is 0 Å². The van der Waals surface area contributed by atoms with E-state index in [4.69, 9.17) is 9.47 Å². The maximum atomic E-state index is 10.0. The number of quaternary nitrogens is 2. The fourth-order valence-corrected chi connectivity index (χ4v) is 3.02. The molecule has 0 spiro atoms. The first-order chi connectivity index (χ1) is 10.6. The molecule has 2 rings (SSSR count). The lowest BCUT2D eigenvalue weighted by Crippen LogP contribution is -3.27. The number of hydrogen-bond acceptors (Lipinski definition) is 3. The third-order valence-electron chi connectivity index (χ3n) is 3.97. The standard InChI is InChI=1S/C16H25BrN2O3/c1-18-6-8-19(9-7-18)12-14(20)13-21-10-11-22-16-5-3-2-4-15(16)17/h2-5,14,20H,6-13H2,1H3/p+2/t14-/m0/s1. The molecule has 0 saturated carbocycles. The number of likely N-dealkylation sites (N-methyl/N-ethyl adjacent to an activating group) is 1. The number of ether oxygens (including phenoxy) is 2. The highest BCUT2D eigenvalue weighted by Crippen LogP contribution is 2.23. The Kier molecular flexibility index (Phi) is 7.62. The zero-order valence-electron chi connectivity index (χ0n) is 13.2. The molecule has 124 valence electrons. The Labute approximate surface area is 140 Å². The van der Waals surface area contributed by atoms with Crippen LogP contribution in [0.2, 0.25) is 0 Å². The van der Waals surface area contributed by atoms with Crippen molar-refractivity contribution in [2.45, 2.75) is 6.10 Å². The van der Waals surface area contributed by atoms with E-state index in [2.05, 4.69) is 23.0 Å². The molecule has 0 radical (unpaired) electrons. The SMILES string of the molecule is C[NH+]1CC[NH+](C[C@H](O)COCCOc2ccccc2Br)CC1. The second kappa shape index (κ2) is 9.47. The van der Waals surface area contributed by atoms with Gasteiger partial charge in [-0.05, 0) is 28.1 Å². The average molecular weight is 375 g/mol. The van der Waals surface area contributed by atoms with Crippen LogP contribution < -0.4 is 14.5 Å². The molecule has 1 aromatic carbocycles. The number of aliphatic hydroxyl groups is 1.